The molecular weight excluding hydrogens is 291 g/mol. The summed E-state index contributed by atoms with van der Waals surface area (Å²) in [5.41, 5.74) is 0. The first-order valence-corrected chi connectivity index (χ1v) is 8.50. The lowest BCUT2D eigenvalue weighted by Gasteiger charge is -2.29. The van der Waals surface area contributed by atoms with E-state index in [2.05, 4.69) is 0 Å². The molecule has 0 heterocycles. The minimum Gasteiger partial charge on any atom is -0.370 e. The summed E-state index contributed by atoms with van der Waals surface area (Å²) in [6, 6.07) is 9.67. The van der Waals surface area contributed by atoms with Gasteiger partial charge in [0.1, 0.15) is 4.84 Å². The zero-order valence-electron chi connectivity index (χ0n) is 10.6. The standard InChI is InChI=1S/C12H18Cl2O3Si/c1-3-15-18(16-4-2,17-10-12(13)14)11-8-6-5-7-9-11/h5-9,12H,3-4,10H2,1-2H3. The van der Waals surface area contributed by atoms with Crippen LogP contribution < -0.4 is 5.19 Å². The van der Waals surface area contributed by atoms with Crippen LogP contribution in [0.5, 0.6) is 0 Å². The van der Waals surface area contributed by atoms with Crippen molar-refractivity contribution in [3.63, 3.8) is 0 Å². The van der Waals surface area contributed by atoms with Gasteiger partial charge in [-0.25, -0.2) is 0 Å². The zero-order valence-corrected chi connectivity index (χ0v) is 13.1. The SMILES string of the molecule is CCO[Si](OCC)(OCC(Cl)Cl)c1ccccc1. The molecule has 18 heavy (non-hydrogen) atoms. The first-order chi connectivity index (χ1) is 8.64. The molecule has 0 fully saturated rings. The highest BCUT2D eigenvalue weighted by atomic mass is 35.5. The normalized spacial score (nSPS) is 12.1. The van der Waals surface area contributed by atoms with E-state index in [1.807, 2.05) is 44.2 Å². The van der Waals surface area contributed by atoms with Gasteiger partial charge in [-0.2, -0.15) is 0 Å². The Hall–Kier alpha value is -0.103. The van der Waals surface area contributed by atoms with Gasteiger partial charge in [0, 0.05) is 18.4 Å². The Bertz CT molecular complexity index is 329. The minimum absolute atomic E-state index is 0.185. The van der Waals surface area contributed by atoms with Crippen LogP contribution in [-0.2, 0) is 13.3 Å². The summed E-state index contributed by atoms with van der Waals surface area (Å²) in [4.78, 5) is -0.596. The maximum atomic E-state index is 5.79. The predicted octanol–water partition coefficient (Wildman–Crippen LogP) is 2.73. The fourth-order valence-corrected chi connectivity index (χ4v) is 4.40. The molecule has 0 spiro atoms. The van der Waals surface area contributed by atoms with Crippen LogP contribution in [0.2, 0.25) is 0 Å². The Balaban J connectivity index is 2.96. The Morgan fingerprint density at radius 2 is 1.56 bits per heavy atom. The number of rotatable bonds is 8. The Morgan fingerprint density at radius 1 is 1.00 bits per heavy atom. The molecule has 1 rings (SSSR count). The van der Waals surface area contributed by atoms with E-state index < -0.39 is 13.6 Å². The van der Waals surface area contributed by atoms with Crippen molar-refractivity contribution < 1.29 is 13.3 Å². The van der Waals surface area contributed by atoms with E-state index in [0.717, 1.165) is 5.19 Å². The van der Waals surface area contributed by atoms with E-state index in [1.54, 1.807) is 0 Å². The van der Waals surface area contributed by atoms with Crippen molar-refractivity contribution in [1.29, 1.82) is 0 Å². The molecule has 0 atom stereocenters. The molecular formula is C12H18Cl2O3Si. The number of halogens is 2. The third kappa shape index (κ3) is 4.53. The molecule has 0 amide bonds. The first kappa shape index (κ1) is 16.0. The highest BCUT2D eigenvalue weighted by Crippen LogP contribution is 2.13. The fourth-order valence-electron chi connectivity index (χ4n) is 1.57. The van der Waals surface area contributed by atoms with Crippen LogP contribution in [0.15, 0.2) is 30.3 Å². The van der Waals surface area contributed by atoms with E-state index in [1.165, 1.54) is 0 Å². The van der Waals surface area contributed by atoms with Crippen LogP contribution in [0.25, 0.3) is 0 Å². The number of benzene rings is 1. The maximum Gasteiger partial charge on any atom is 0.537 e. The summed E-state index contributed by atoms with van der Waals surface area (Å²) in [7, 11) is -2.90. The van der Waals surface area contributed by atoms with E-state index >= 15 is 0 Å². The molecule has 3 nitrogen and oxygen atoms in total. The van der Waals surface area contributed by atoms with Crippen molar-refractivity contribution in [2.75, 3.05) is 19.8 Å². The lowest BCUT2D eigenvalue weighted by molar-refractivity contribution is 0.0848. The molecule has 0 N–H and O–H groups in total. The van der Waals surface area contributed by atoms with E-state index in [4.69, 9.17) is 36.5 Å². The minimum atomic E-state index is -2.90. The molecule has 6 heteroatoms. The third-order valence-corrected chi connectivity index (χ3v) is 5.37. The maximum absolute atomic E-state index is 5.79. The summed E-state index contributed by atoms with van der Waals surface area (Å²) in [5, 5.41) is 0.919. The van der Waals surface area contributed by atoms with Crippen molar-refractivity contribution >= 4 is 37.2 Å². The van der Waals surface area contributed by atoms with Crippen LogP contribution in [0.1, 0.15) is 13.8 Å². The quantitative estimate of drug-likeness (QED) is 0.546. The van der Waals surface area contributed by atoms with Crippen molar-refractivity contribution in [2.45, 2.75) is 18.7 Å². The molecule has 0 saturated heterocycles. The Kier molecular flexibility index (Phi) is 7.22. The zero-order chi connectivity index (χ0) is 13.4. The molecule has 0 radical (unpaired) electrons. The van der Waals surface area contributed by atoms with Crippen LogP contribution in [0.3, 0.4) is 0 Å². The topological polar surface area (TPSA) is 27.7 Å². The van der Waals surface area contributed by atoms with Gasteiger partial charge in [-0.05, 0) is 13.8 Å². The van der Waals surface area contributed by atoms with Crippen molar-refractivity contribution in [2.24, 2.45) is 0 Å². The molecule has 0 bridgehead atoms. The van der Waals surface area contributed by atoms with Crippen molar-refractivity contribution in [1.82, 2.24) is 0 Å². The average molecular weight is 309 g/mol. The Morgan fingerprint density at radius 3 is 2.00 bits per heavy atom. The molecule has 0 aliphatic carbocycles. The number of hydrogen-bond acceptors (Lipinski definition) is 3. The predicted molar refractivity (Wildman–Crippen MR) is 76.5 cm³/mol. The highest BCUT2D eigenvalue weighted by Gasteiger charge is 2.43. The molecule has 102 valence electrons. The van der Waals surface area contributed by atoms with Gasteiger partial charge in [-0.1, -0.05) is 30.3 Å². The van der Waals surface area contributed by atoms with Crippen LogP contribution >= 0.6 is 23.2 Å². The fraction of sp³-hybridized carbons (Fsp3) is 0.500. The van der Waals surface area contributed by atoms with E-state index in [0.29, 0.717) is 13.2 Å². The lowest BCUT2D eigenvalue weighted by Crippen LogP contribution is -2.57. The first-order valence-electron chi connectivity index (χ1n) is 5.90. The molecule has 1 aromatic rings. The van der Waals surface area contributed by atoms with Gasteiger partial charge in [-0.3, -0.25) is 0 Å². The second kappa shape index (κ2) is 8.14. The average Bonchev–Trinajstić information content (AvgIpc) is 2.37. The second-order valence-corrected chi connectivity index (χ2v) is 7.32. The molecule has 0 saturated carbocycles. The van der Waals surface area contributed by atoms with Gasteiger partial charge in [0.15, 0.2) is 0 Å². The third-order valence-electron chi connectivity index (χ3n) is 2.20. The molecule has 1 aromatic carbocycles. The smallest absolute Gasteiger partial charge is 0.370 e. The summed E-state index contributed by atoms with van der Waals surface area (Å²) in [6.07, 6.45) is 0. The second-order valence-electron chi connectivity index (χ2n) is 3.49. The van der Waals surface area contributed by atoms with Gasteiger partial charge in [0.05, 0.1) is 6.61 Å². The molecule has 0 aliphatic heterocycles. The Labute approximate surface area is 119 Å². The van der Waals surface area contributed by atoms with Gasteiger partial charge in [0.2, 0.25) is 0 Å². The summed E-state index contributed by atoms with van der Waals surface area (Å²) in [6.45, 7) is 5.02. The molecule has 0 unspecified atom stereocenters. The van der Waals surface area contributed by atoms with Gasteiger partial charge < -0.3 is 13.3 Å². The molecule has 0 aromatic heterocycles. The monoisotopic (exact) mass is 308 g/mol. The summed E-state index contributed by atoms with van der Waals surface area (Å²) >= 11 is 11.4. The van der Waals surface area contributed by atoms with Crippen molar-refractivity contribution in [3.05, 3.63) is 30.3 Å². The van der Waals surface area contributed by atoms with E-state index in [-0.39, 0.29) is 6.61 Å². The highest BCUT2D eigenvalue weighted by molar-refractivity contribution is 6.75. The van der Waals surface area contributed by atoms with Crippen LogP contribution in [0, 0.1) is 0 Å². The number of alkyl halides is 2. The van der Waals surface area contributed by atoms with Gasteiger partial charge >= 0.3 is 8.80 Å². The number of hydrogen-bond donors (Lipinski definition) is 0. The van der Waals surface area contributed by atoms with E-state index in [9.17, 15) is 0 Å². The summed E-state index contributed by atoms with van der Waals surface area (Å²) < 4.78 is 17.4. The molecule has 0 aliphatic rings. The largest absolute Gasteiger partial charge is 0.537 e. The van der Waals surface area contributed by atoms with Crippen molar-refractivity contribution in [3.8, 4) is 0 Å². The van der Waals surface area contributed by atoms with Crippen LogP contribution in [-0.4, -0.2) is 33.5 Å². The van der Waals surface area contributed by atoms with Gasteiger partial charge in [-0.15, -0.1) is 23.2 Å². The lowest BCUT2D eigenvalue weighted by atomic mass is 10.4. The van der Waals surface area contributed by atoms with Crippen LogP contribution in [0.4, 0.5) is 0 Å². The van der Waals surface area contributed by atoms with Gasteiger partial charge in [0.25, 0.3) is 0 Å². The summed E-state index contributed by atoms with van der Waals surface area (Å²) in [5.74, 6) is 0.